The number of terminal acetylenes is 1. The van der Waals surface area contributed by atoms with Crippen LogP contribution in [0.2, 0.25) is 0 Å². The number of nitrogens with zero attached hydrogens (tertiary/aromatic N) is 2. The first kappa shape index (κ1) is 13.5. The summed E-state index contributed by atoms with van der Waals surface area (Å²) in [5.74, 6) is 0.579. The van der Waals surface area contributed by atoms with Crippen molar-refractivity contribution < 1.29 is 19.6 Å². The van der Waals surface area contributed by atoms with Gasteiger partial charge in [-0.25, -0.2) is 4.79 Å². The molecule has 20 heavy (non-hydrogen) atoms. The van der Waals surface area contributed by atoms with Crippen molar-refractivity contribution in [2.45, 2.75) is 6.42 Å². The van der Waals surface area contributed by atoms with Crippen molar-refractivity contribution in [3.05, 3.63) is 33.9 Å². The average molecular weight is 274 g/mol. The van der Waals surface area contributed by atoms with Crippen molar-refractivity contribution in [2.75, 3.05) is 11.4 Å². The Morgan fingerprint density at radius 1 is 1.55 bits per heavy atom. The van der Waals surface area contributed by atoms with E-state index in [1.807, 2.05) is 0 Å². The molecule has 102 valence electrons. The monoisotopic (exact) mass is 274 g/mol. The van der Waals surface area contributed by atoms with Gasteiger partial charge in [0.05, 0.1) is 10.5 Å². The van der Waals surface area contributed by atoms with Gasteiger partial charge >= 0.3 is 5.97 Å². The van der Waals surface area contributed by atoms with Gasteiger partial charge in [-0.05, 0) is 12.1 Å². The van der Waals surface area contributed by atoms with Crippen molar-refractivity contribution in [3.63, 3.8) is 0 Å². The van der Waals surface area contributed by atoms with E-state index in [0.717, 1.165) is 6.07 Å². The molecule has 1 aromatic carbocycles. The van der Waals surface area contributed by atoms with Crippen molar-refractivity contribution >= 4 is 23.3 Å². The number of rotatable bonds is 3. The molecule has 2 rings (SSSR count). The van der Waals surface area contributed by atoms with Gasteiger partial charge in [0.2, 0.25) is 5.91 Å². The van der Waals surface area contributed by atoms with Gasteiger partial charge in [0.1, 0.15) is 5.69 Å². The van der Waals surface area contributed by atoms with Crippen LogP contribution < -0.4 is 4.90 Å². The Kier molecular flexibility index (Phi) is 3.39. The molecular formula is C13H10N2O5. The van der Waals surface area contributed by atoms with E-state index in [1.165, 1.54) is 17.0 Å². The molecule has 1 aliphatic rings. The molecule has 0 aromatic heterocycles. The molecule has 7 nitrogen and oxygen atoms in total. The van der Waals surface area contributed by atoms with Crippen LogP contribution >= 0.6 is 0 Å². The molecule has 1 heterocycles. The van der Waals surface area contributed by atoms with Crippen molar-refractivity contribution in [1.29, 1.82) is 0 Å². The Hall–Kier alpha value is -2.88. The average Bonchev–Trinajstić information content (AvgIpc) is 2.79. The number of carboxylic acid groups (broad SMARTS) is 1. The maximum atomic E-state index is 11.8. The fourth-order valence-corrected chi connectivity index (χ4v) is 2.08. The third-order valence-electron chi connectivity index (χ3n) is 3.07. The zero-order valence-corrected chi connectivity index (χ0v) is 10.3. The molecule has 0 bridgehead atoms. The van der Waals surface area contributed by atoms with Crippen molar-refractivity contribution in [2.24, 2.45) is 5.92 Å². The number of carbonyl (C=O) groups is 2. The lowest BCUT2D eigenvalue weighted by molar-refractivity contribution is -0.384. The van der Waals surface area contributed by atoms with Crippen LogP contribution in [0.3, 0.4) is 0 Å². The van der Waals surface area contributed by atoms with Gasteiger partial charge in [-0.2, -0.15) is 0 Å². The Labute approximate surface area is 114 Å². The van der Waals surface area contributed by atoms with E-state index in [0.29, 0.717) is 0 Å². The summed E-state index contributed by atoms with van der Waals surface area (Å²) < 4.78 is 0. The summed E-state index contributed by atoms with van der Waals surface area (Å²) in [4.78, 5) is 34.2. The molecule has 0 radical (unpaired) electrons. The fourth-order valence-electron chi connectivity index (χ4n) is 2.08. The minimum Gasteiger partial charge on any atom is -0.478 e. The second-order valence-electron chi connectivity index (χ2n) is 4.34. The summed E-state index contributed by atoms with van der Waals surface area (Å²) in [6.07, 6.45) is 5.39. The van der Waals surface area contributed by atoms with Gasteiger partial charge in [-0.3, -0.25) is 14.9 Å². The Morgan fingerprint density at radius 3 is 2.75 bits per heavy atom. The van der Waals surface area contributed by atoms with E-state index in [4.69, 9.17) is 11.5 Å². The van der Waals surface area contributed by atoms with Gasteiger partial charge in [-0.15, -0.1) is 12.3 Å². The van der Waals surface area contributed by atoms with Crippen LogP contribution in [0.15, 0.2) is 18.2 Å². The highest BCUT2D eigenvalue weighted by Gasteiger charge is 2.33. The maximum absolute atomic E-state index is 11.8. The van der Waals surface area contributed by atoms with Crippen LogP contribution in [0.4, 0.5) is 11.4 Å². The van der Waals surface area contributed by atoms with Crippen LogP contribution in [0.25, 0.3) is 0 Å². The Morgan fingerprint density at radius 2 is 2.25 bits per heavy atom. The summed E-state index contributed by atoms with van der Waals surface area (Å²) in [5.41, 5.74) is -0.556. The van der Waals surface area contributed by atoms with Gasteiger partial charge in [0, 0.05) is 24.9 Å². The van der Waals surface area contributed by atoms with Crippen molar-refractivity contribution in [1.82, 2.24) is 0 Å². The molecule has 0 spiro atoms. The lowest BCUT2D eigenvalue weighted by Gasteiger charge is -2.16. The number of carbonyl (C=O) groups excluding carboxylic acids is 1. The molecule has 1 aromatic rings. The van der Waals surface area contributed by atoms with E-state index in [2.05, 4.69) is 5.92 Å². The molecule has 0 aliphatic carbocycles. The SMILES string of the molecule is C#CC1CC(=O)N(c2ccc(C(=O)O)cc2[N+](=O)[O-])C1. The van der Waals surface area contributed by atoms with E-state index in [1.54, 1.807) is 0 Å². The number of aromatic carboxylic acids is 1. The van der Waals surface area contributed by atoms with E-state index < -0.39 is 16.6 Å². The first-order chi connectivity index (χ1) is 9.43. The maximum Gasteiger partial charge on any atom is 0.335 e. The number of hydrogen-bond donors (Lipinski definition) is 1. The second kappa shape index (κ2) is 5.01. The number of hydrogen-bond acceptors (Lipinski definition) is 4. The van der Waals surface area contributed by atoms with Gasteiger partial charge in [-0.1, -0.05) is 0 Å². The number of amides is 1. The molecule has 1 saturated heterocycles. The lowest BCUT2D eigenvalue weighted by atomic mass is 10.1. The number of carboxylic acids is 1. The highest BCUT2D eigenvalue weighted by molar-refractivity contribution is 5.99. The van der Waals surface area contributed by atoms with Crippen LogP contribution in [-0.4, -0.2) is 28.5 Å². The normalized spacial score (nSPS) is 17.9. The summed E-state index contributed by atoms with van der Waals surface area (Å²) in [7, 11) is 0. The van der Waals surface area contributed by atoms with Crippen molar-refractivity contribution in [3.8, 4) is 12.3 Å². The third-order valence-corrected chi connectivity index (χ3v) is 3.07. The van der Waals surface area contributed by atoms with Gasteiger partial charge in [0.25, 0.3) is 5.69 Å². The zero-order valence-electron chi connectivity index (χ0n) is 10.3. The van der Waals surface area contributed by atoms with Crippen LogP contribution in [0, 0.1) is 28.4 Å². The molecule has 1 amide bonds. The summed E-state index contributed by atoms with van der Waals surface area (Å²) >= 11 is 0. The number of benzene rings is 1. The molecule has 1 atom stereocenters. The molecule has 7 heteroatoms. The van der Waals surface area contributed by atoms with Crippen LogP contribution in [0.1, 0.15) is 16.8 Å². The van der Waals surface area contributed by atoms with Crippen LogP contribution in [0.5, 0.6) is 0 Å². The smallest absolute Gasteiger partial charge is 0.335 e. The predicted molar refractivity (Wildman–Crippen MR) is 69.3 cm³/mol. The minimum absolute atomic E-state index is 0.0720. The molecule has 1 fully saturated rings. The largest absolute Gasteiger partial charge is 0.478 e. The van der Waals surface area contributed by atoms with E-state index >= 15 is 0 Å². The predicted octanol–water partition coefficient (Wildman–Crippen LogP) is 1.28. The third kappa shape index (κ3) is 2.31. The Balaban J connectivity index is 2.47. The molecular weight excluding hydrogens is 264 g/mol. The summed E-state index contributed by atoms with van der Waals surface area (Å²) in [6, 6.07) is 3.42. The minimum atomic E-state index is -1.27. The lowest BCUT2D eigenvalue weighted by Crippen LogP contribution is -2.25. The van der Waals surface area contributed by atoms with Gasteiger partial charge < -0.3 is 10.0 Å². The number of anilines is 1. The molecule has 1 unspecified atom stereocenters. The fraction of sp³-hybridized carbons (Fsp3) is 0.231. The number of nitro groups is 1. The molecule has 1 N–H and O–H groups in total. The first-order valence-corrected chi connectivity index (χ1v) is 5.72. The second-order valence-corrected chi connectivity index (χ2v) is 4.34. The Bertz CT molecular complexity index is 647. The molecule has 1 aliphatic heterocycles. The highest BCUT2D eigenvalue weighted by atomic mass is 16.6. The first-order valence-electron chi connectivity index (χ1n) is 5.72. The zero-order chi connectivity index (χ0) is 14.9. The topological polar surface area (TPSA) is 101 Å². The van der Waals surface area contributed by atoms with E-state index in [9.17, 15) is 19.7 Å². The molecule has 0 saturated carbocycles. The highest BCUT2D eigenvalue weighted by Crippen LogP contribution is 2.33. The van der Waals surface area contributed by atoms with E-state index in [-0.39, 0.29) is 36.0 Å². The van der Waals surface area contributed by atoms with Gasteiger partial charge in [0.15, 0.2) is 0 Å². The quantitative estimate of drug-likeness (QED) is 0.508. The number of nitro benzene ring substituents is 1. The van der Waals surface area contributed by atoms with Crippen LogP contribution in [-0.2, 0) is 4.79 Å². The standard InChI is InChI=1S/C13H10N2O5/c1-2-8-5-12(16)14(7-8)10-4-3-9(13(17)18)6-11(10)15(19)20/h1,3-4,6,8H,5,7H2,(H,17,18). The summed E-state index contributed by atoms with van der Waals surface area (Å²) in [5, 5.41) is 19.9. The summed E-state index contributed by atoms with van der Waals surface area (Å²) in [6.45, 7) is 0.197.